The van der Waals surface area contributed by atoms with Crippen molar-refractivity contribution in [1.82, 2.24) is 30.1 Å². The Bertz CT molecular complexity index is 860. The second-order valence-electron chi connectivity index (χ2n) is 6.19. The summed E-state index contributed by atoms with van der Waals surface area (Å²) in [6, 6.07) is 6.75. The van der Waals surface area contributed by atoms with E-state index < -0.39 is 10.0 Å². The molecule has 0 fully saturated rings. The third-order valence-electron chi connectivity index (χ3n) is 4.01. The Morgan fingerprint density at radius 2 is 1.89 bits per heavy atom. The van der Waals surface area contributed by atoms with Gasteiger partial charge in [-0.1, -0.05) is 24.6 Å². The van der Waals surface area contributed by atoms with Gasteiger partial charge in [-0.2, -0.15) is 0 Å². The van der Waals surface area contributed by atoms with Gasteiger partial charge in [-0.05, 0) is 26.0 Å². The maximum Gasteiger partial charge on any atom is 0.240 e. The fourth-order valence-electron chi connectivity index (χ4n) is 2.52. The van der Waals surface area contributed by atoms with Crippen molar-refractivity contribution in [3.63, 3.8) is 0 Å². The number of aliphatic imine (C=N–C) groups is 1. The minimum absolute atomic E-state index is 0.220. The fraction of sp³-hybridized carbons (Fsp3) is 0.500. The van der Waals surface area contributed by atoms with E-state index in [4.69, 9.17) is 0 Å². The number of aromatic nitrogens is 3. The summed E-state index contributed by atoms with van der Waals surface area (Å²) in [5, 5.41) is 14.4. The van der Waals surface area contributed by atoms with E-state index in [0.717, 1.165) is 24.4 Å². The lowest BCUT2D eigenvalue weighted by molar-refractivity contribution is 0.582. The van der Waals surface area contributed by atoms with Crippen molar-refractivity contribution >= 4 is 16.0 Å². The summed E-state index contributed by atoms with van der Waals surface area (Å²) in [6.07, 6.45) is 2.54. The summed E-state index contributed by atoms with van der Waals surface area (Å²) in [7, 11) is -3.52. The highest BCUT2D eigenvalue weighted by atomic mass is 32.2. The summed E-state index contributed by atoms with van der Waals surface area (Å²) >= 11 is 0. The van der Waals surface area contributed by atoms with Gasteiger partial charge >= 0.3 is 0 Å². The van der Waals surface area contributed by atoms with E-state index in [9.17, 15) is 8.42 Å². The first kappa shape index (κ1) is 21.8. The van der Waals surface area contributed by atoms with Crippen LogP contribution in [0.5, 0.6) is 0 Å². The molecule has 0 aliphatic rings. The zero-order valence-corrected chi connectivity index (χ0v) is 17.5. The van der Waals surface area contributed by atoms with Gasteiger partial charge in [0.05, 0.1) is 11.4 Å². The Kier molecular flexibility index (Phi) is 8.40. The normalized spacial score (nSPS) is 12.2. The molecule has 2 aromatic rings. The number of nitrogens with zero attached hydrogens (tertiary/aromatic N) is 4. The molecule has 0 saturated carbocycles. The minimum Gasteiger partial charge on any atom is -0.357 e. The fourth-order valence-corrected chi connectivity index (χ4v) is 3.55. The largest absolute Gasteiger partial charge is 0.357 e. The van der Waals surface area contributed by atoms with Crippen LogP contribution in [0.4, 0.5) is 0 Å². The number of nitrogens with one attached hydrogen (secondary N) is 3. The van der Waals surface area contributed by atoms with Crippen LogP contribution >= 0.6 is 0 Å². The van der Waals surface area contributed by atoms with Gasteiger partial charge in [-0.15, -0.1) is 10.2 Å². The molecule has 0 radical (unpaired) electrons. The van der Waals surface area contributed by atoms with Crippen LogP contribution in [0.2, 0.25) is 0 Å². The maximum atomic E-state index is 12.3. The lowest BCUT2D eigenvalue weighted by Gasteiger charge is -2.12. The van der Waals surface area contributed by atoms with Crippen LogP contribution in [-0.4, -0.2) is 55.3 Å². The predicted octanol–water partition coefficient (Wildman–Crippen LogP) is 0.683. The molecular weight excluding hydrogens is 378 g/mol. The highest BCUT2D eigenvalue weighted by Gasteiger charge is 2.12. The lowest BCUT2D eigenvalue weighted by Crippen LogP contribution is -2.39. The molecule has 1 aromatic carbocycles. The van der Waals surface area contributed by atoms with Crippen LogP contribution in [0.3, 0.4) is 0 Å². The Morgan fingerprint density at radius 1 is 1.14 bits per heavy atom. The van der Waals surface area contributed by atoms with Gasteiger partial charge in [0, 0.05) is 32.6 Å². The average Bonchev–Trinajstić information content (AvgIpc) is 3.13. The number of hydrogen-bond acceptors (Lipinski definition) is 5. The molecular formula is C18H29N7O2S. The van der Waals surface area contributed by atoms with Gasteiger partial charge < -0.3 is 15.2 Å². The van der Waals surface area contributed by atoms with Crippen LogP contribution < -0.4 is 15.4 Å². The lowest BCUT2D eigenvalue weighted by atomic mass is 10.2. The smallest absolute Gasteiger partial charge is 0.240 e. The highest BCUT2D eigenvalue weighted by Crippen LogP contribution is 2.09. The van der Waals surface area contributed by atoms with E-state index >= 15 is 0 Å². The van der Waals surface area contributed by atoms with Crippen molar-refractivity contribution in [2.24, 2.45) is 4.99 Å². The van der Waals surface area contributed by atoms with Gasteiger partial charge in [-0.25, -0.2) is 13.1 Å². The van der Waals surface area contributed by atoms with Crippen LogP contribution in [0.15, 0.2) is 40.5 Å². The molecule has 0 amide bonds. The van der Waals surface area contributed by atoms with Gasteiger partial charge in [0.2, 0.25) is 10.0 Å². The molecule has 10 heteroatoms. The van der Waals surface area contributed by atoms with Crippen LogP contribution in [0.25, 0.3) is 0 Å². The molecule has 0 spiro atoms. The number of sulfonamides is 1. The predicted molar refractivity (Wildman–Crippen MR) is 110 cm³/mol. The Morgan fingerprint density at radius 3 is 2.57 bits per heavy atom. The summed E-state index contributed by atoms with van der Waals surface area (Å²) < 4.78 is 29.1. The minimum atomic E-state index is -3.52. The quantitative estimate of drug-likeness (QED) is 0.303. The molecule has 9 nitrogen and oxygen atoms in total. The van der Waals surface area contributed by atoms with E-state index in [1.165, 1.54) is 0 Å². The number of benzene rings is 1. The first-order valence-corrected chi connectivity index (χ1v) is 10.9. The first-order valence-electron chi connectivity index (χ1n) is 9.41. The SMILES string of the molecule is CCNC(=NCCNS(=O)(=O)c1ccc(C)cc1)NCCn1cnnc1CC. The van der Waals surface area contributed by atoms with E-state index in [0.29, 0.717) is 25.6 Å². The van der Waals surface area contributed by atoms with Crippen LogP contribution in [0, 0.1) is 6.92 Å². The van der Waals surface area contributed by atoms with E-state index in [1.807, 2.05) is 25.3 Å². The van der Waals surface area contributed by atoms with Crippen molar-refractivity contribution < 1.29 is 8.42 Å². The summed E-state index contributed by atoms with van der Waals surface area (Å²) in [6.45, 7) is 8.58. The van der Waals surface area contributed by atoms with Gasteiger partial charge in [0.25, 0.3) is 0 Å². The molecule has 0 saturated heterocycles. The standard InChI is InChI=1S/C18H29N7O2S/c1-4-17-24-22-14-25(17)13-12-21-18(19-5-2)20-10-11-23-28(26,27)16-8-6-15(3)7-9-16/h6-9,14,23H,4-5,10-13H2,1-3H3,(H2,19,20,21). The highest BCUT2D eigenvalue weighted by molar-refractivity contribution is 7.89. The summed E-state index contributed by atoms with van der Waals surface area (Å²) in [5.41, 5.74) is 1.02. The van der Waals surface area contributed by atoms with Crippen LogP contribution in [0.1, 0.15) is 25.2 Å². The number of aryl methyl sites for hydroxylation is 2. The number of hydrogen-bond donors (Lipinski definition) is 3. The molecule has 154 valence electrons. The van der Waals surface area contributed by atoms with Crippen molar-refractivity contribution in [2.45, 2.75) is 38.6 Å². The second kappa shape index (κ2) is 10.8. The van der Waals surface area contributed by atoms with Crippen molar-refractivity contribution in [3.8, 4) is 0 Å². The van der Waals surface area contributed by atoms with Crippen molar-refractivity contribution in [1.29, 1.82) is 0 Å². The third-order valence-corrected chi connectivity index (χ3v) is 5.48. The molecule has 28 heavy (non-hydrogen) atoms. The zero-order chi connectivity index (χ0) is 20.4. The number of guanidine groups is 1. The Hall–Kier alpha value is -2.46. The monoisotopic (exact) mass is 407 g/mol. The molecule has 1 heterocycles. The van der Waals surface area contributed by atoms with E-state index in [1.54, 1.807) is 30.6 Å². The zero-order valence-electron chi connectivity index (χ0n) is 16.6. The maximum absolute atomic E-state index is 12.3. The summed E-state index contributed by atoms with van der Waals surface area (Å²) in [5.74, 6) is 1.58. The van der Waals surface area contributed by atoms with E-state index in [2.05, 4.69) is 30.5 Å². The van der Waals surface area contributed by atoms with Crippen LogP contribution in [-0.2, 0) is 23.0 Å². The topological polar surface area (TPSA) is 113 Å². The molecule has 0 unspecified atom stereocenters. The molecule has 3 N–H and O–H groups in total. The number of rotatable bonds is 10. The molecule has 0 aliphatic heterocycles. The first-order chi connectivity index (χ1) is 13.5. The molecule has 1 aromatic heterocycles. The molecule has 0 bridgehead atoms. The third kappa shape index (κ3) is 6.61. The molecule has 0 atom stereocenters. The Balaban J connectivity index is 1.82. The van der Waals surface area contributed by atoms with Gasteiger partial charge in [-0.3, -0.25) is 4.99 Å². The van der Waals surface area contributed by atoms with Crippen molar-refractivity contribution in [2.75, 3.05) is 26.2 Å². The molecule has 0 aliphatic carbocycles. The molecule has 2 rings (SSSR count). The average molecular weight is 408 g/mol. The van der Waals surface area contributed by atoms with E-state index in [-0.39, 0.29) is 11.4 Å². The van der Waals surface area contributed by atoms with Gasteiger partial charge in [0.1, 0.15) is 12.2 Å². The van der Waals surface area contributed by atoms with Crippen molar-refractivity contribution in [3.05, 3.63) is 42.0 Å². The summed E-state index contributed by atoms with van der Waals surface area (Å²) in [4.78, 5) is 4.67. The second-order valence-corrected chi connectivity index (χ2v) is 7.96. The van der Waals surface area contributed by atoms with Gasteiger partial charge in [0.15, 0.2) is 5.96 Å². The Labute approximate surface area is 166 Å².